The first-order valence-corrected chi connectivity index (χ1v) is 10.1. The van der Waals surface area contributed by atoms with Crippen molar-refractivity contribution in [2.24, 2.45) is 5.10 Å². The van der Waals surface area contributed by atoms with Crippen molar-refractivity contribution in [1.82, 2.24) is 0 Å². The monoisotopic (exact) mass is 481 g/mol. The Hall–Kier alpha value is -4.65. The quantitative estimate of drug-likeness (QED) is 0.267. The van der Waals surface area contributed by atoms with Crippen LogP contribution in [-0.2, 0) is 20.5 Å². The smallest absolute Gasteiger partial charge is 0.416 e. The Kier molecular flexibility index (Phi) is 8.19. The van der Waals surface area contributed by atoms with E-state index >= 15 is 0 Å². The van der Waals surface area contributed by atoms with Crippen molar-refractivity contribution >= 4 is 23.8 Å². The van der Waals surface area contributed by atoms with E-state index in [9.17, 15) is 22.8 Å². The number of hydrogen-bond donors (Lipinski definition) is 0. The molecule has 0 spiro atoms. The molecule has 0 aromatic heterocycles. The van der Waals surface area contributed by atoms with Gasteiger partial charge in [-0.1, -0.05) is 48.5 Å². The molecule has 3 rings (SSSR count). The number of rotatable bonds is 8. The first-order valence-electron chi connectivity index (χ1n) is 10.1. The Morgan fingerprint density at radius 3 is 2.40 bits per heavy atom. The van der Waals surface area contributed by atoms with Crippen LogP contribution < -0.4 is 9.75 Å². The van der Waals surface area contributed by atoms with Gasteiger partial charge in [0.25, 0.3) is 5.91 Å². The number of carbonyl (C=O) groups excluding carboxylic acids is 2. The molecule has 10 heteroatoms. The second-order valence-corrected chi connectivity index (χ2v) is 6.97. The van der Waals surface area contributed by atoms with E-state index in [4.69, 9.17) is 14.7 Å². The van der Waals surface area contributed by atoms with Gasteiger partial charge in [0, 0.05) is 0 Å². The summed E-state index contributed by atoms with van der Waals surface area (Å²) in [6.45, 7) is -1.38. The van der Waals surface area contributed by atoms with E-state index in [1.54, 1.807) is 42.5 Å². The number of anilines is 1. The van der Waals surface area contributed by atoms with Crippen molar-refractivity contribution in [1.29, 1.82) is 5.26 Å². The number of benzene rings is 3. The van der Waals surface area contributed by atoms with E-state index < -0.39 is 36.8 Å². The fourth-order valence-corrected chi connectivity index (χ4v) is 2.82. The van der Waals surface area contributed by atoms with Gasteiger partial charge in [0.05, 0.1) is 23.0 Å². The zero-order valence-electron chi connectivity index (χ0n) is 18.1. The van der Waals surface area contributed by atoms with E-state index in [2.05, 4.69) is 5.10 Å². The molecule has 0 bridgehead atoms. The van der Waals surface area contributed by atoms with Gasteiger partial charge >= 0.3 is 12.1 Å². The minimum absolute atomic E-state index is 0.160. The minimum atomic E-state index is -4.63. The molecule has 0 saturated heterocycles. The van der Waals surface area contributed by atoms with Crippen LogP contribution in [0.1, 0.15) is 16.7 Å². The SMILES string of the molecule is N#Cc1ccccc1OCC(=O)OCC(=O)N(/N=C\c1ccccc1)c1cccc(C(F)(F)F)c1. The van der Waals surface area contributed by atoms with Crippen LogP contribution in [0.15, 0.2) is 84.0 Å². The Labute approximate surface area is 198 Å². The van der Waals surface area contributed by atoms with Gasteiger partial charge < -0.3 is 9.47 Å². The lowest BCUT2D eigenvalue weighted by molar-refractivity contribution is -0.149. The number of nitriles is 1. The third kappa shape index (κ3) is 7.17. The van der Waals surface area contributed by atoms with Crippen LogP contribution in [-0.4, -0.2) is 31.3 Å². The van der Waals surface area contributed by atoms with Crippen LogP contribution in [0.3, 0.4) is 0 Å². The lowest BCUT2D eigenvalue weighted by Crippen LogP contribution is -2.31. The molecule has 1 amide bonds. The van der Waals surface area contributed by atoms with E-state index in [0.29, 0.717) is 5.56 Å². The zero-order chi connectivity index (χ0) is 25.3. The zero-order valence-corrected chi connectivity index (χ0v) is 18.1. The summed E-state index contributed by atoms with van der Waals surface area (Å²) in [5.41, 5.74) is -0.322. The molecule has 0 aliphatic carbocycles. The van der Waals surface area contributed by atoms with Crippen molar-refractivity contribution in [2.45, 2.75) is 6.18 Å². The molecule has 3 aromatic rings. The average Bonchev–Trinajstić information content (AvgIpc) is 2.86. The van der Waals surface area contributed by atoms with E-state index in [1.807, 2.05) is 6.07 Å². The molecular formula is C25H18F3N3O4. The van der Waals surface area contributed by atoms with Crippen LogP contribution in [0.2, 0.25) is 0 Å². The highest BCUT2D eigenvalue weighted by molar-refractivity contribution is 5.96. The molecule has 178 valence electrons. The summed E-state index contributed by atoms with van der Waals surface area (Å²) in [4.78, 5) is 24.8. The molecule has 3 aromatic carbocycles. The number of para-hydroxylation sites is 1. The maximum atomic E-state index is 13.2. The highest BCUT2D eigenvalue weighted by Crippen LogP contribution is 2.31. The van der Waals surface area contributed by atoms with Gasteiger partial charge in [-0.05, 0) is 35.9 Å². The number of amides is 1. The van der Waals surface area contributed by atoms with Crippen molar-refractivity contribution in [3.05, 3.63) is 95.6 Å². The molecule has 35 heavy (non-hydrogen) atoms. The first kappa shape index (κ1) is 25.0. The van der Waals surface area contributed by atoms with Crippen molar-refractivity contribution in [3.63, 3.8) is 0 Å². The Morgan fingerprint density at radius 2 is 1.69 bits per heavy atom. The van der Waals surface area contributed by atoms with Gasteiger partial charge in [0.2, 0.25) is 0 Å². The molecule has 0 heterocycles. The summed E-state index contributed by atoms with van der Waals surface area (Å²) in [6.07, 6.45) is -3.33. The number of carbonyl (C=O) groups is 2. The number of ether oxygens (including phenoxy) is 2. The maximum Gasteiger partial charge on any atom is 0.416 e. The van der Waals surface area contributed by atoms with Gasteiger partial charge in [0.1, 0.15) is 11.8 Å². The summed E-state index contributed by atoms with van der Waals surface area (Å²) < 4.78 is 49.7. The third-order valence-electron chi connectivity index (χ3n) is 4.49. The first-order chi connectivity index (χ1) is 16.8. The minimum Gasteiger partial charge on any atom is -0.481 e. The van der Waals surface area contributed by atoms with Crippen LogP contribution in [0, 0.1) is 11.3 Å². The van der Waals surface area contributed by atoms with Crippen molar-refractivity contribution in [2.75, 3.05) is 18.2 Å². The van der Waals surface area contributed by atoms with E-state index in [1.165, 1.54) is 24.4 Å². The predicted octanol–water partition coefficient (Wildman–Crippen LogP) is 4.57. The van der Waals surface area contributed by atoms with E-state index in [-0.39, 0.29) is 17.0 Å². The summed E-state index contributed by atoms with van der Waals surface area (Å²) >= 11 is 0. The highest BCUT2D eigenvalue weighted by Gasteiger charge is 2.31. The van der Waals surface area contributed by atoms with Crippen LogP contribution in [0.25, 0.3) is 0 Å². The fraction of sp³-hybridized carbons (Fsp3) is 0.120. The number of esters is 1. The van der Waals surface area contributed by atoms with E-state index in [0.717, 1.165) is 23.2 Å². The Morgan fingerprint density at radius 1 is 0.971 bits per heavy atom. The number of alkyl halides is 3. The second kappa shape index (κ2) is 11.5. The summed E-state index contributed by atoms with van der Waals surface area (Å²) in [6, 6.07) is 20.8. The van der Waals surface area contributed by atoms with Gasteiger partial charge in [-0.2, -0.15) is 28.5 Å². The Balaban J connectivity index is 1.72. The molecule has 0 saturated carbocycles. The fourth-order valence-electron chi connectivity index (χ4n) is 2.82. The van der Waals surface area contributed by atoms with Gasteiger partial charge in [0.15, 0.2) is 13.2 Å². The van der Waals surface area contributed by atoms with Crippen LogP contribution in [0.5, 0.6) is 5.75 Å². The number of hydrazone groups is 1. The predicted molar refractivity (Wildman–Crippen MR) is 121 cm³/mol. The number of hydrogen-bond acceptors (Lipinski definition) is 6. The number of halogens is 3. The Bertz CT molecular complexity index is 1250. The molecule has 0 unspecified atom stereocenters. The third-order valence-corrected chi connectivity index (χ3v) is 4.49. The lowest BCUT2D eigenvalue weighted by Gasteiger charge is -2.18. The van der Waals surface area contributed by atoms with Crippen molar-refractivity contribution in [3.8, 4) is 11.8 Å². The van der Waals surface area contributed by atoms with Crippen LogP contribution in [0.4, 0.5) is 18.9 Å². The molecule has 0 N–H and O–H groups in total. The summed E-state index contributed by atoms with van der Waals surface area (Å²) in [7, 11) is 0. The normalized spacial score (nSPS) is 11.0. The topological polar surface area (TPSA) is 92.0 Å². The van der Waals surface area contributed by atoms with Gasteiger partial charge in [-0.25, -0.2) is 4.79 Å². The molecule has 7 nitrogen and oxygen atoms in total. The molecule has 0 aliphatic rings. The highest BCUT2D eigenvalue weighted by atomic mass is 19.4. The summed E-state index contributed by atoms with van der Waals surface area (Å²) in [5, 5.41) is 13.8. The van der Waals surface area contributed by atoms with Gasteiger partial charge in [-0.15, -0.1) is 0 Å². The molecular weight excluding hydrogens is 463 g/mol. The summed E-state index contributed by atoms with van der Waals surface area (Å²) in [5.74, 6) is -1.64. The molecule has 0 fully saturated rings. The molecule has 0 atom stereocenters. The number of nitrogens with zero attached hydrogens (tertiary/aromatic N) is 3. The standard InChI is InChI=1S/C25H18F3N3O4/c26-25(27,28)20-10-6-11-21(13-20)31(30-15-18-7-2-1-3-8-18)23(32)16-35-24(33)17-34-22-12-5-4-9-19(22)14-29/h1-13,15H,16-17H2/b30-15-. The second-order valence-electron chi connectivity index (χ2n) is 6.97. The van der Waals surface area contributed by atoms with Crippen molar-refractivity contribution < 1.29 is 32.2 Å². The largest absolute Gasteiger partial charge is 0.481 e. The lowest BCUT2D eigenvalue weighted by atomic mass is 10.2. The molecule has 0 aliphatic heterocycles. The van der Waals surface area contributed by atoms with Crippen LogP contribution >= 0.6 is 0 Å². The molecule has 0 radical (unpaired) electrons. The van der Waals surface area contributed by atoms with Gasteiger partial charge in [-0.3, -0.25) is 4.79 Å². The maximum absolute atomic E-state index is 13.2. The average molecular weight is 481 g/mol.